The molecule has 3 heteroatoms. The molecule has 1 unspecified atom stereocenters. The summed E-state index contributed by atoms with van der Waals surface area (Å²) in [4.78, 5) is 2.61. The lowest BCUT2D eigenvalue weighted by atomic mass is 9.94. The average molecular weight is 337 g/mol. The molecule has 0 bridgehead atoms. The van der Waals surface area contributed by atoms with E-state index in [2.05, 4.69) is 51.3 Å². The number of anilines is 1. The van der Waals surface area contributed by atoms with E-state index in [9.17, 15) is 0 Å². The van der Waals surface area contributed by atoms with Gasteiger partial charge in [-0.25, -0.2) is 0 Å². The average Bonchev–Trinajstić information content (AvgIpc) is 3.29. The lowest BCUT2D eigenvalue weighted by molar-refractivity contribution is 0.404. The number of halogens is 1. The monoisotopic (exact) mass is 336 g/mol. The van der Waals surface area contributed by atoms with Gasteiger partial charge in [0.25, 0.3) is 0 Å². The first-order valence-corrected chi connectivity index (χ1v) is 8.82. The maximum Gasteiger partial charge on any atom is 0.0412 e. The third-order valence-corrected chi connectivity index (χ3v) is 5.13. The Kier molecular flexibility index (Phi) is 4.67. The van der Waals surface area contributed by atoms with Gasteiger partial charge in [-0.1, -0.05) is 29.3 Å². The maximum absolute atomic E-state index is 3.66. The quantitative estimate of drug-likeness (QED) is 0.860. The Bertz CT molecular complexity index is 456. The molecule has 0 amide bonds. The van der Waals surface area contributed by atoms with E-state index < -0.39 is 0 Å². The molecule has 1 aliphatic heterocycles. The van der Waals surface area contributed by atoms with Crippen molar-refractivity contribution in [1.29, 1.82) is 0 Å². The second-order valence-corrected chi connectivity index (χ2v) is 7.21. The smallest absolute Gasteiger partial charge is 0.0412 e. The first-order valence-electron chi connectivity index (χ1n) is 8.03. The number of nitrogens with one attached hydrogen (secondary N) is 1. The van der Waals surface area contributed by atoms with Crippen molar-refractivity contribution >= 4 is 21.6 Å². The number of hydrogen-bond donors (Lipinski definition) is 1. The molecule has 1 aliphatic carbocycles. The van der Waals surface area contributed by atoms with Gasteiger partial charge in [-0.05, 0) is 55.4 Å². The van der Waals surface area contributed by atoms with Crippen LogP contribution in [0.5, 0.6) is 0 Å². The van der Waals surface area contributed by atoms with Crippen molar-refractivity contribution in [2.45, 2.75) is 51.6 Å². The van der Waals surface area contributed by atoms with Gasteiger partial charge in [0.2, 0.25) is 0 Å². The van der Waals surface area contributed by atoms with Crippen molar-refractivity contribution in [3.05, 3.63) is 28.2 Å². The molecule has 1 heterocycles. The van der Waals surface area contributed by atoms with Crippen LogP contribution in [-0.4, -0.2) is 19.1 Å². The zero-order chi connectivity index (χ0) is 13.9. The van der Waals surface area contributed by atoms with E-state index in [1.54, 1.807) is 0 Å². The highest BCUT2D eigenvalue weighted by atomic mass is 79.9. The van der Waals surface area contributed by atoms with Gasteiger partial charge in [-0.2, -0.15) is 0 Å². The summed E-state index contributed by atoms with van der Waals surface area (Å²) in [6.45, 7) is 5.78. The van der Waals surface area contributed by atoms with Crippen LogP contribution >= 0.6 is 15.9 Å². The van der Waals surface area contributed by atoms with E-state index in [1.807, 2.05) is 0 Å². The van der Waals surface area contributed by atoms with Crippen LogP contribution in [0.25, 0.3) is 0 Å². The molecule has 0 aromatic heterocycles. The van der Waals surface area contributed by atoms with Crippen molar-refractivity contribution in [2.24, 2.45) is 5.92 Å². The summed E-state index contributed by atoms with van der Waals surface area (Å²) < 4.78 is 1.19. The Hall–Kier alpha value is -0.540. The maximum atomic E-state index is 3.66. The second kappa shape index (κ2) is 6.48. The minimum absolute atomic E-state index is 0.770. The van der Waals surface area contributed by atoms with Gasteiger partial charge in [0.1, 0.15) is 0 Å². The fourth-order valence-corrected chi connectivity index (χ4v) is 3.57. The molecule has 1 saturated carbocycles. The summed E-state index contributed by atoms with van der Waals surface area (Å²) in [5, 5.41) is 3.66. The summed E-state index contributed by atoms with van der Waals surface area (Å²) in [5.74, 6) is 0.872. The minimum Gasteiger partial charge on any atom is -0.371 e. The van der Waals surface area contributed by atoms with Crippen LogP contribution in [0.15, 0.2) is 22.7 Å². The Balaban J connectivity index is 1.75. The van der Waals surface area contributed by atoms with Crippen LogP contribution in [0.3, 0.4) is 0 Å². The summed E-state index contributed by atoms with van der Waals surface area (Å²) in [6.07, 6.45) is 6.75. The predicted octanol–water partition coefficient (Wildman–Crippen LogP) is 4.33. The van der Waals surface area contributed by atoms with E-state index in [0.717, 1.165) is 18.5 Å². The van der Waals surface area contributed by atoms with Crippen LogP contribution in [-0.2, 0) is 6.54 Å². The first kappa shape index (κ1) is 14.4. The van der Waals surface area contributed by atoms with Crippen molar-refractivity contribution < 1.29 is 0 Å². The molecule has 2 nitrogen and oxygen atoms in total. The highest BCUT2D eigenvalue weighted by molar-refractivity contribution is 9.10. The van der Waals surface area contributed by atoms with Crippen molar-refractivity contribution in [1.82, 2.24) is 5.32 Å². The highest BCUT2D eigenvalue weighted by Gasteiger charge is 2.23. The Morgan fingerprint density at radius 1 is 1.30 bits per heavy atom. The van der Waals surface area contributed by atoms with Crippen molar-refractivity contribution in [3.8, 4) is 0 Å². The molecule has 20 heavy (non-hydrogen) atoms. The fraction of sp³-hybridized carbons (Fsp3) is 0.647. The predicted molar refractivity (Wildman–Crippen MR) is 89.2 cm³/mol. The van der Waals surface area contributed by atoms with Crippen LogP contribution < -0.4 is 10.2 Å². The fourth-order valence-electron chi connectivity index (χ4n) is 3.16. The van der Waals surface area contributed by atoms with E-state index in [1.165, 1.54) is 60.9 Å². The van der Waals surface area contributed by atoms with Gasteiger partial charge in [0.15, 0.2) is 0 Å². The van der Waals surface area contributed by atoms with E-state index in [0.29, 0.717) is 0 Å². The normalized spacial score (nSPS) is 23.1. The lowest BCUT2D eigenvalue weighted by Gasteiger charge is -2.35. The molecular weight excluding hydrogens is 312 g/mol. The van der Waals surface area contributed by atoms with E-state index in [4.69, 9.17) is 0 Å². The zero-order valence-electron chi connectivity index (χ0n) is 12.4. The van der Waals surface area contributed by atoms with Crippen molar-refractivity contribution in [3.63, 3.8) is 0 Å². The second-order valence-electron chi connectivity index (χ2n) is 6.29. The Morgan fingerprint density at radius 2 is 2.15 bits per heavy atom. The molecule has 1 saturated heterocycles. The molecule has 2 fully saturated rings. The van der Waals surface area contributed by atoms with Gasteiger partial charge >= 0.3 is 0 Å². The van der Waals surface area contributed by atoms with Crippen LogP contribution in [0, 0.1) is 5.92 Å². The molecular formula is C17H25BrN2. The number of rotatable bonds is 5. The SMILES string of the molecule is CCC1CCCN(c2ccc(Br)cc2CNC2CC2)C1. The highest BCUT2D eigenvalue weighted by Crippen LogP contribution is 2.30. The van der Waals surface area contributed by atoms with Gasteiger partial charge in [0.05, 0.1) is 0 Å². The third kappa shape index (κ3) is 3.56. The molecule has 0 radical (unpaired) electrons. The molecule has 0 spiro atoms. The van der Waals surface area contributed by atoms with Gasteiger partial charge in [-0.3, -0.25) is 0 Å². The lowest BCUT2D eigenvalue weighted by Crippen LogP contribution is -2.36. The van der Waals surface area contributed by atoms with E-state index in [-0.39, 0.29) is 0 Å². The number of hydrogen-bond acceptors (Lipinski definition) is 2. The first-order chi connectivity index (χ1) is 9.76. The van der Waals surface area contributed by atoms with Crippen LogP contribution in [0.4, 0.5) is 5.69 Å². The molecule has 1 aromatic rings. The standard InChI is InChI=1S/C17H25BrN2/c1-2-13-4-3-9-20(12-13)17-8-5-15(18)10-14(17)11-19-16-6-7-16/h5,8,10,13,16,19H,2-4,6-7,9,11-12H2,1H3. The zero-order valence-corrected chi connectivity index (χ0v) is 14.0. The summed E-state index contributed by atoms with van der Waals surface area (Å²) in [5.41, 5.74) is 2.89. The van der Waals surface area contributed by atoms with Crippen molar-refractivity contribution in [2.75, 3.05) is 18.0 Å². The van der Waals surface area contributed by atoms with Crippen LogP contribution in [0.1, 0.15) is 44.6 Å². The largest absolute Gasteiger partial charge is 0.371 e. The molecule has 1 N–H and O–H groups in total. The third-order valence-electron chi connectivity index (χ3n) is 4.64. The summed E-state index contributed by atoms with van der Waals surface area (Å²) in [7, 11) is 0. The Labute approximate surface area is 131 Å². The molecule has 110 valence electrons. The summed E-state index contributed by atoms with van der Waals surface area (Å²) in [6, 6.07) is 7.55. The molecule has 1 atom stereocenters. The molecule has 1 aromatic carbocycles. The topological polar surface area (TPSA) is 15.3 Å². The van der Waals surface area contributed by atoms with E-state index >= 15 is 0 Å². The number of benzene rings is 1. The number of piperidine rings is 1. The van der Waals surface area contributed by atoms with Gasteiger partial charge in [0, 0.05) is 35.8 Å². The Morgan fingerprint density at radius 3 is 2.90 bits per heavy atom. The molecule has 2 aliphatic rings. The molecule has 3 rings (SSSR count). The number of nitrogens with zero attached hydrogens (tertiary/aromatic N) is 1. The minimum atomic E-state index is 0.770. The van der Waals surface area contributed by atoms with Crippen LogP contribution in [0.2, 0.25) is 0 Å². The summed E-state index contributed by atoms with van der Waals surface area (Å²) >= 11 is 3.62. The van der Waals surface area contributed by atoms with Gasteiger partial charge < -0.3 is 10.2 Å². The van der Waals surface area contributed by atoms with Gasteiger partial charge in [-0.15, -0.1) is 0 Å².